The van der Waals surface area contributed by atoms with E-state index in [1.165, 1.54) is 60.6 Å². The molecule has 5 aromatic carbocycles. The van der Waals surface area contributed by atoms with Gasteiger partial charge in [0.1, 0.15) is 17.7 Å². The predicted octanol–water partition coefficient (Wildman–Crippen LogP) is 8.21. The Morgan fingerprint density at radius 2 is 0.979 bits per heavy atom. The van der Waals surface area contributed by atoms with E-state index < -0.39 is 13.4 Å². The van der Waals surface area contributed by atoms with Gasteiger partial charge in [0.25, 0.3) is 0 Å². The molecule has 6 rings (SSSR count). The maximum atomic E-state index is 10.6. The number of aromatic hydroxyl groups is 2. The van der Waals surface area contributed by atoms with Gasteiger partial charge in [-0.3, -0.25) is 0 Å². The van der Waals surface area contributed by atoms with E-state index in [-0.39, 0.29) is 11.5 Å². The molecule has 0 aliphatic carbocycles. The SMILES string of the molecule is Oc1ccccc1C1=NC(c2ccccc2O)NN1CCCCCCCCCC[PH](c1ccccc1)(c1ccccc1)c1ccccc1. The quantitative estimate of drug-likeness (QED) is 0.0739. The number of para-hydroxylation sites is 2. The first-order valence-electron chi connectivity index (χ1n) is 17.5. The van der Waals surface area contributed by atoms with Crippen molar-refractivity contribution in [1.82, 2.24) is 10.4 Å². The Kier molecular flexibility index (Phi) is 11.6. The zero-order valence-corrected chi connectivity index (χ0v) is 28.7. The normalized spacial score (nSPS) is 15.0. The van der Waals surface area contributed by atoms with Gasteiger partial charge < -0.3 is 10.2 Å². The zero-order valence-electron chi connectivity index (χ0n) is 27.7. The molecule has 3 N–H and O–H groups in total. The summed E-state index contributed by atoms with van der Waals surface area (Å²) in [6.45, 7) is 0.780. The van der Waals surface area contributed by atoms with Crippen molar-refractivity contribution in [2.45, 2.75) is 57.5 Å². The molecular weight excluding hydrogens is 609 g/mol. The van der Waals surface area contributed by atoms with Gasteiger partial charge in [-0.15, -0.1) is 0 Å². The number of hydrazine groups is 1. The van der Waals surface area contributed by atoms with Gasteiger partial charge >= 0.3 is 195 Å². The molecule has 0 saturated carbocycles. The zero-order chi connectivity index (χ0) is 33.0. The first-order valence-corrected chi connectivity index (χ1v) is 19.7. The second kappa shape index (κ2) is 16.6. The van der Waals surface area contributed by atoms with Crippen LogP contribution in [-0.2, 0) is 0 Å². The summed E-state index contributed by atoms with van der Waals surface area (Å²) >= 11 is 0. The van der Waals surface area contributed by atoms with Crippen molar-refractivity contribution in [2.24, 2.45) is 4.99 Å². The van der Waals surface area contributed by atoms with E-state index in [0.717, 1.165) is 24.9 Å². The number of phenolic OH excluding ortho intramolecular Hbond substituents is 2. The van der Waals surface area contributed by atoms with Crippen LogP contribution in [0.5, 0.6) is 11.5 Å². The number of hydrogen-bond acceptors (Lipinski definition) is 5. The van der Waals surface area contributed by atoms with Crippen molar-refractivity contribution in [3.05, 3.63) is 151 Å². The van der Waals surface area contributed by atoms with E-state index in [1.807, 2.05) is 41.4 Å². The molecule has 48 heavy (non-hydrogen) atoms. The second-order valence-electron chi connectivity index (χ2n) is 12.8. The fraction of sp³-hybridized carbons (Fsp3) is 0.262. The summed E-state index contributed by atoms with van der Waals surface area (Å²) in [6, 6.07) is 48.3. The number of hydrogen-bond donors (Lipinski definition) is 3. The first-order chi connectivity index (χ1) is 23.7. The number of unbranched alkanes of at least 4 members (excludes halogenated alkanes) is 7. The molecule has 0 aromatic heterocycles. The molecule has 1 aliphatic heterocycles. The molecule has 1 aliphatic rings. The standard InChI is InChI=1S/C42H48N3O2P/c46-39-30-18-16-28-37(39)41-43-42(38-29-17-19-31-40(38)47)45(44-41)32-20-5-3-1-2-4-6-21-33-48(34-22-10-7-11-23-34,35-24-12-8-13-25-35)36-26-14-9-15-27-36/h7-19,22-31,41,44,46-48H,1-6,20-21,32-33H2. The molecule has 1 unspecified atom stereocenters. The third-order valence-electron chi connectivity index (χ3n) is 9.64. The molecule has 5 aromatic rings. The molecule has 0 saturated heterocycles. The average Bonchev–Trinajstić information content (AvgIpc) is 3.55. The van der Waals surface area contributed by atoms with Crippen LogP contribution in [0.25, 0.3) is 0 Å². The molecule has 248 valence electrons. The molecule has 1 atom stereocenters. The van der Waals surface area contributed by atoms with Crippen LogP contribution < -0.4 is 21.3 Å². The summed E-state index contributed by atoms with van der Waals surface area (Å²) in [5.74, 6) is 1.13. The number of phenols is 2. The van der Waals surface area contributed by atoms with E-state index in [1.54, 1.807) is 12.1 Å². The van der Waals surface area contributed by atoms with Gasteiger partial charge in [0, 0.05) is 5.56 Å². The topological polar surface area (TPSA) is 68.1 Å². The van der Waals surface area contributed by atoms with Crippen LogP contribution >= 0.6 is 7.26 Å². The molecule has 0 spiro atoms. The Morgan fingerprint density at radius 3 is 1.52 bits per heavy atom. The Hall–Kier alpha value is -4.44. The molecule has 0 radical (unpaired) electrons. The molecule has 5 nitrogen and oxygen atoms in total. The van der Waals surface area contributed by atoms with Gasteiger partial charge in [-0.25, -0.2) is 4.99 Å². The third kappa shape index (κ3) is 7.81. The average molecular weight is 658 g/mol. The summed E-state index contributed by atoms with van der Waals surface area (Å²) in [6.07, 6.45) is 10.5. The Bertz CT molecular complexity index is 1650. The monoisotopic (exact) mass is 657 g/mol. The minimum absolute atomic E-state index is 0.206. The third-order valence-corrected chi connectivity index (χ3v) is 14.7. The van der Waals surface area contributed by atoms with Crippen LogP contribution in [0.3, 0.4) is 0 Å². The maximum absolute atomic E-state index is 10.6. The summed E-state index contributed by atoms with van der Waals surface area (Å²) in [7, 11) is -2.14. The van der Waals surface area contributed by atoms with Crippen LogP contribution in [0.15, 0.2) is 145 Å². The fourth-order valence-corrected chi connectivity index (χ4v) is 12.1. The van der Waals surface area contributed by atoms with E-state index in [0.29, 0.717) is 11.4 Å². The van der Waals surface area contributed by atoms with Crippen molar-refractivity contribution in [2.75, 3.05) is 12.7 Å². The van der Waals surface area contributed by atoms with Crippen molar-refractivity contribution in [3.8, 4) is 11.5 Å². The molecule has 1 heterocycles. The number of rotatable bonds is 16. The predicted molar refractivity (Wildman–Crippen MR) is 204 cm³/mol. The van der Waals surface area contributed by atoms with Gasteiger partial charge in [-0.05, 0) is 18.2 Å². The van der Waals surface area contributed by atoms with Gasteiger partial charge in [0.05, 0.1) is 5.56 Å². The number of benzene rings is 5. The minimum atomic E-state index is -2.14. The Balaban J connectivity index is 0.990. The van der Waals surface area contributed by atoms with Gasteiger partial charge in [0.2, 0.25) is 0 Å². The van der Waals surface area contributed by atoms with Crippen LogP contribution in [0.4, 0.5) is 0 Å². The summed E-state index contributed by atoms with van der Waals surface area (Å²) < 4.78 is 0. The van der Waals surface area contributed by atoms with Crippen LogP contribution in [0, 0.1) is 0 Å². The fourth-order valence-electron chi connectivity index (χ4n) is 7.16. The van der Waals surface area contributed by atoms with E-state index >= 15 is 0 Å². The molecule has 6 heteroatoms. The number of nitrogens with one attached hydrogen (secondary N) is 1. The van der Waals surface area contributed by atoms with Crippen molar-refractivity contribution in [1.29, 1.82) is 0 Å². The van der Waals surface area contributed by atoms with E-state index in [2.05, 4.69) is 96.4 Å². The molecule has 0 amide bonds. The first kappa shape index (κ1) is 33.5. The number of amidine groups is 1. The molecule has 0 fully saturated rings. The van der Waals surface area contributed by atoms with Crippen molar-refractivity contribution in [3.63, 3.8) is 0 Å². The Morgan fingerprint density at radius 1 is 0.521 bits per heavy atom. The van der Waals surface area contributed by atoms with Crippen molar-refractivity contribution < 1.29 is 10.2 Å². The number of nitrogens with zero attached hydrogens (tertiary/aromatic N) is 2. The summed E-state index contributed by atoms with van der Waals surface area (Å²) in [5, 5.41) is 27.5. The van der Waals surface area contributed by atoms with Gasteiger partial charge in [-0.2, -0.15) is 0 Å². The van der Waals surface area contributed by atoms with Crippen LogP contribution in [0.2, 0.25) is 0 Å². The molecular formula is C42H48N3O2P. The number of aliphatic imine (C=N–C) groups is 1. The summed E-state index contributed by atoms with van der Waals surface area (Å²) in [4.78, 5) is 4.88. The van der Waals surface area contributed by atoms with Crippen molar-refractivity contribution >= 4 is 29.0 Å². The van der Waals surface area contributed by atoms with Crippen LogP contribution in [0.1, 0.15) is 68.7 Å². The Labute approximate surface area is 286 Å². The van der Waals surface area contributed by atoms with Gasteiger partial charge in [0.15, 0.2) is 0 Å². The second-order valence-corrected chi connectivity index (χ2v) is 16.8. The van der Waals surface area contributed by atoms with E-state index in [4.69, 9.17) is 4.99 Å². The molecule has 0 bridgehead atoms. The van der Waals surface area contributed by atoms with E-state index in [9.17, 15) is 10.2 Å². The van der Waals surface area contributed by atoms with Crippen LogP contribution in [-0.4, -0.2) is 33.8 Å². The summed E-state index contributed by atoms with van der Waals surface area (Å²) in [5.41, 5.74) is 4.88. The van der Waals surface area contributed by atoms with Gasteiger partial charge in [-0.1, -0.05) is 30.3 Å².